The third-order valence-corrected chi connectivity index (χ3v) is 4.54. The summed E-state index contributed by atoms with van der Waals surface area (Å²) in [5.74, 6) is 0.697. The van der Waals surface area contributed by atoms with Gasteiger partial charge in [-0.15, -0.1) is 5.10 Å². The zero-order valence-electron chi connectivity index (χ0n) is 14.1. The Bertz CT molecular complexity index is 888. The Morgan fingerprint density at radius 2 is 2.08 bits per heavy atom. The van der Waals surface area contributed by atoms with Gasteiger partial charge in [0.05, 0.1) is 12.3 Å². The van der Waals surface area contributed by atoms with E-state index in [0.29, 0.717) is 23.8 Å². The summed E-state index contributed by atoms with van der Waals surface area (Å²) in [6, 6.07) is 7.34. The monoisotopic (exact) mass is 372 g/mol. The number of rotatable bonds is 4. The molecule has 1 N–H and O–H groups in total. The first-order valence-corrected chi connectivity index (χ1v) is 8.48. The molecule has 0 spiro atoms. The van der Waals surface area contributed by atoms with E-state index < -0.39 is 0 Å². The Hall–Kier alpha value is -2.78. The highest BCUT2D eigenvalue weighted by Gasteiger charge is 2.32. The zero-order chi connectivity index (χ0) is 18.1. The van der Waals surface area contributed by atoms with Crippen LogP contribution < -0.4 is 0 Å². The molecule has 9 nitrogen and oxygen atoms in total. The summed E-state index contributed by atoms with van der Waals surface area (Å²) >= 11 is 6.00. The van der Waals surface area contributed by atoms with E-state index in [9.17, 15) is 5.11 Å². The molecule has 1 unspecified atom stereocenters. The number of halogens is 1. The summed E-state index contributed by atoms with van der Waals surface area (Å²) in [5, 5.41) is 34.3. The molecule has 2 aliphatic rings. The van der Waals surface area contributed by atoms with Gasteiger partial charge >= 0.3 is 0 Å². The average Bonchev–Trinajstić information content (AvgIpc) is 3.29. The fourth-order valence-corrected chi connectivity index (χ4v) is 3.14. The molecule has 4 rings (SSSR count). The Morgan fingerprint density at radius 3 is 2.77 bits per heavy atom. The Balaban J connectivity index is 1.67. The number of allylic oxidation sites excluding steroid dienone is 1. The molecular formula is C16H17ClN8O. The number of aromatic nitrogens is 4. The second-order valence-electron chi connectivity index (χ2n) is 6.00. The maximum Gasteiger partial charge on any atom is 0.179 e. The molecule has 0 aliphatic carbocycles. The maximum atomic E-state index is 9.53. The number of hydrogen-bond donors (Lipinski definition) is 1. The van der Waals surface area contributed by atoms with Crippen LogP contribution in [-0.4, -0.2) is 66.6 Å². The molecule has 0 saturated carbocycles. The van der Waals surface area contributed by atoms with E-state index in [1.807, 2.05) is 41.7 Å². The van der Waals surface area contributed by atoms with Crippen LogP contribution in [0.1, 0.15) is 17.8 Å². The lowest BCUT2D eigenvalue weighted by Gasteiger charge is -2.27. The van der Waals surface area contributed by atoms with Gasteiger partial charge in [0.15, 0.2) is 5.82 Å². The second-order valence-corrected chi connectivity index (χ2v) is 6.44. The Morgan fingerprint density at radius 1 is 1.27 bits per heavy atom. The molecule has 0 bridgehead atoms. The highest BCUT2D eigenvalue weighted by Crippen LogP contribution is 2.25. The van der Waals surface area contributed by atoms with Crippen molar-refractivity contribution in [3.05, 3.63) is 46.9 Å². The van der Waals surface area contributed by atoms with Crippen LogP contribution in [0.5, 0.6) is 0 Å². The number of hydrogen-bond acceptors (Lipinski definition) is 8. The normalized spacial score (nSPS) is 19.7. The predicted octanol–water partition coefficient (Wildman–Crippen LogP) is 0.934. The summed E-state index contributed by atoms with van der Waals surface area (Å²) in [6.07, 6.45) is 4.41. The molecule has 10 heteroatoms. The van der Waals surface area contributed by atoms with E-state index in [4.69, 9.17) is 11.6 Å². The summed E-state index contributed by atoms with van der Waals surface area (Å²) < 4.78 is 1.63. The minimum absolute atomic E-state index is 0.143. The topological polar surface area (TPSA) is 95.0 Å². The van der Waals surface area contributed by atoms with Crippen molar-refractivity contribution in [2.75, 3.05) is 13.3 Å². The van der Waals surface area contributed by atoms with Gasteiger partial charge in [-0.05, 0) is 22.6 Å². The molecule has 134 valence electrons. The van der Waals surface area contributed by atoms with Crippen LogP contribution in [-0.2, 0) is 7.05 Å². The smallest absolute Gasteiger partial charge is 0.179 e. The Labute approximate surface area is 154 Å². The van der Waals surface area contributed by atoms with Crippen LogP contribution in [0.2, 0.25) is 5.02 Å². The fourth-order valence-electron chi connectivity index (χ4n) is 3.02. The summed E-state index contributed by atoms with van der Waals surface area (Å²) in [4.78, 5) is 0. The largest absolute Gasteiger partial charge is 0.375 e. The van der Waals surface area contributed by atoms with Crippen molar-refractivity contribution in [3.8, 4) is 0 Å². The summed E-state index contributed by atoms with van der Waals surface area (Å²) in [5.41, 5.74) is 2.72. The van der Waals surface area contributed by atoms with Gasteiger partial charge in [-0.25, -0.2) is 4.68 Å². The SMILES string of the molecule is Cn1nnnc1C1=CN(C2CN(CO)N=C2c2ccc(Cl)cc2)N=CC1. The lowest BCUT2D eigenvalue weighted by Crippen LogP contribution is -2.38. The molecule has 1 atom stereocenters. The number of aliphatic hydroxyl groups is 1. The number of aryl methyl sites for hydroxylation is 1. The standard InChI is InChI=1S/C16H17ClN8O/c1-23-16(19-21-22-23)12-6-7-18-25(8-12)14-9-24(10-26)20-15(14)11-2-4-13(17)5-3-11/h2-5,7-8,14,26H,6,9-10H2,1H3. The molecular weight excluding hydrogens is 356 g/mol. The zero-order valence-corrected chi connectivity index (χ0v) is 14.8. The van der Waals surface area contributed by atoms with Gasteiger partial charge in [-0.3, -0.25) is 10.0 Å². The van der Waals surface area contributed by atoms with Crippen molar-refractivity contribution in [1.82, 2.24) is 30.2 Å². The van der Waals surface area contributed by atoms with E-state index in [2.05, 4.69) is 25.7 Å². The lowest BCUT2D eigenvalue weighted by atomic mass is 10.0. The average molecular weight is 373 g/mol. The molecule has 3 heterocycles. The van der Waals surface area contributed by atoms with Crippen molar-refractivity contribution in [2.45, 2.75) is 12.5 Å². The Kier molecular flexibility index (Phi) is 4.39. The van der Waals surface area contributed by atoms with Crippen molar-refractivity contribution >= 4 is 29.1 Å². The van der Waals surface area contributed by atoms with Gasteiger partial charge in [0.1, 0.15) is 12.8 Å². The van der Waals surface area contributed by atoms with Crippen LogP contribution >= 0.6 is 11.6 Å². The highest BCUT2D eigenvalue weighted by atomic mass is 35.5. The number of nitrogens with zero attached hydrogens (tertiary/aromatic N) is 8. The van der Waals surface area contributed by atoms with Gasteiger partial charge < -0.3 is 5.11 Å². The van der Waals surface area contributed by atoms with E-state index in [1.165, 1.54) is 0 Å². The first-order valence-electron chi connectivity index (χ1n) is 8.10. The molecule has 2 aliphatic heterocycles. The van der Waals surface area contributed by atoms with Crippen LogP contribution in [0.3, 0.4) is 0 Å². The maximum absolute atomic E-state index is 9.53. The summed E-state index contributed by atoms with van der Waals surface area (Å²) in [7, 11) is 1.80. The molecule has 1 aromatic heterocycles. The summed E-state index contributed by atoms with van der Waals surface area (Å²) in [6.45, 7) is 0.363. The number of aliphatic hydroxyl groups excluding tert-OH is 1. The van der Waals surface area contributed by atoms with E-state index in [-0.39, 0.29) is 12.8 Å². The van der Waals surface area contributed by atoms with E-state index >= 15 is 0 Å². The minimum Gasteiger partial charge on any atom is -0.375 e. The molecule has 2 aromatic rings. The van der Waals surface area contributed by atoms with Crippen molar-refractivity contribution in [1.29, 1.82) is 0 Å². The molecule has 1 aromatic carbocycles. The lowest BCUT2D eigenvalue weighted by molar-refractivity contribution is 0.109. The van der Waals surface area contributed by atoms with Crippen molar-refractivity contribution in [2.24, 2.45) is 17.3 Å². The second kappa shape index (κ2) is 6.85. The van der Waals surface area contributed by atoms with Crippen molar-refractivity contribution < 1.29 is 5.11 Å². The first-order chi connectivity index (χ1) is 12.7. The quantitative estimate of drug-likeness (QED) is 0.858. The highest BCUT2D eigenvalue weighted by molar-refractivity contribution is 6.30. The van der Waals surface area contributed by atoms with Gasteiger partial charge in [-0.2, -0.15) is 10.2 Å². The fraction of sp³-hybridized carbons (Fsp3) is 0.312. The third kappa shape index (κ3) is 3.06. The van der Waals surface area contributed by atoms with Crippen LogP contribution in [0.4, 0.5) is 0 Å². The first kappa shape index (κ1) is 16.7. The van der Waals surface area contributed by atoms with Crippen LogP contribution in [0, 0.1) is 0 Å². The predicted molar refractivity (Wildman–Crippen MR) is 97.3 cm³/mol. The molecule has 0 radical (unpaired) electrons. The van der Waals surface area contributed by atoms with Gasteiger partial charge in [0.2, 0.25) is 0 Å². The molecule has 26 heavy (non-hydrogen) atoms. The molecule has 0 amide bonds. The van der Waals surface area contributed by atoms with Crippen molar-refractivity contribution in [3.63, 3.8) is 0 Å². The number of benzene rings is 1. The number of hydrazone groups is 2. The van der Waals surface area contributed by atoms with Crippen LogP contribution in [0.15, 0.2) is 40.7 Å². The molecule has 0 saturated heterocycles. The minimum atomic E-state index is -0.158. The number of tetrazole rings is 1. The molecule has 0 fully saturated rings. The third-order valence-electron chi connectivity index (χ3n) is 4.29. The van der Waals surface area contributed by atoms with Gasteiger partial charge in [0, 0.05) is 42.0 Å². The van der Waals surface area contributed by atoms with E-state index in [1.54, 1.807) is 16.7 Å². The van der Waals surface area contributed by atoms with E-state index in [0.717, 1.165) is 16.8 Å². The van der Waals surface area contributed by atoms with Crippen LogP contribution in [0.25, 0.3) is 5.57 Å². The van der Waals surface area contributed by atoms with Gasteiger partial charge in [0.25, 0.3) is 0 Å². The van der Waals surface area contributed by atoms with Gasteiger partial charge in [-0.1, -0.05) is 23.7 Å².